The van der Waals surface area contributed by atoms with Crippen LogP contribution in [0.3, 0.4) is 0 Å². The van der Waals surface area contributed by atoms with E-state index in [0.29, 0.717) is 0 Å². The molecule has 0 aliphatic heterocycles. The number of nitrogens with zero attached hydrogens (tertiary/aromatic N) is 5. The molecule has 2 heterocycles. The quantitative estimate of drug-likeness (QED) is 0.600. The second kappa shape index (κ2) is 7.11. The number of hydrogen-bond donors (Lipinski definition) is 1. The highest BCUT2D eigenvalue weighted by molar-refractivity contribution is 5.76. The molecule has 0 aliphatic carbocycles. The van der Waals surface area contributed by atoms with E-state index < -0.39 is 4.92 Å². The molecule has 10 heteroatoms. The number of rotatable bonds is 7. The molecule has 24 heavy (non-hydrogen) atoms. The first-order chi connectivity index (χ1) is 11.4. The number of aromatic nitrogens is 4. The first kappa shape index (κ1) is 17.4. The molecule has 1 N–H and O–H groups in total. The number of ether oxygens (including phenoxy) is 1. The summed E-state index contributed by atoms with van der Waals surface area (Å²) in [6.07, 6.45) is 2.90. The van der Waals surface area contributed by atoms with Gasteiger partial charge in [0.25, 0.3) is 0 Å². The molecule has 1 amide bonds. The van der Waals surface area contributed by atoms with Gasteiger partial charge in [-0.3, -0.25) is 24.3 Å². The third kappa shape index (κ3) is 3.53. The number of amides is 1. The van der Waals surface area contributed by atoms with Gasteiger partial charge in [-0.15, -0.1) is 5.10 Å². The molecule has 130 valence electrons. The maximum Gasteiger partial charge on any atom is 0.350 e. The van der Waals surface area contributed by atoms with Crippen molar-refractivity contribution in [1.29, 1.82) is 0 Å². The zero-order valence-corrected chi connectivity index (χ0v) is 14.0. The Balaban J connectivity index is 2.05. The van der Waals surface area contributed by atoms with Crippen molar-refractivity contribution in [2.24, 2.45) is 0 Å². The highest BCUT2D eigenvalue weighted by Crippen LogP contribution is 2.24. The van der Waals surface area contributed by atoms with Crippen LogP contribution in [0.5, 0.6) is 5.88 Å². The van der Waals surface area contributed by atoms with Gasteiger partial charge in [-0.2, -0.15) is 5.10 Å². The summed E-state index contributed by atoms with van der Waals surface area (Å²) in [5.74, 6) is -0.438. The Labute approximate surface area is 138 Å². The Morgan fingerprint density at radius 3 is 2.75 bits per heavy atom. The normalized spacial score (nSPS) is 12.0. The lowest BCUT2D eigenvalue weighted by molar-refractivity contribution is -0.385. The van der Waals surface area contributed by atoms with Crippen LogP contribution < -0.4 is 10.1 Å². The Morgan fingerprint density at radius 2 is 2.25 bits per heavy atom. The average Bonchev–Trinajstić information content (AvgIpc) is 3.10. The van der Waals surface area contributed by atoms with Crippen LogP contribution in [0.15, 0.2) is 12.4 Å². The van der Waals surface area contributed by atoms with Gasteiger partial charge in [0.05, 0.1) is 24.3 Å². The second-order valence-electron chi connectivity index (χ2n) is 5.27. The number of carbonyl (C=O) groups excluding carboxylic acids is 1. The van der Waals surface area contributed by atoms with Gasteiger partial charge in [-0.25, -0.2) is 0 Å². The highest BCUT2D eigenvalue weighted by Gasteiger charge is 2.22. The van der Waals surface area contributed by atoms with Crippen LogP contribution >= 0.6 is 0 Å². The molecular formula is C14H20N6O4. The molecule has 2 aromatic rings. The minimum atomic E-state index is -0.606. The van der Waals surface area contributed by atoms with Gasteiger partial charge in [0.2, 0.25) is 5.91 Å². The number of nitrogens with one attached hydrogen (secondary N) is 1. The molecule has 0 aromatic carbocycles. The van der Waals surface area contributed by atoms with E-state index in [0.717, 1.165) is 17.8 Å². The summed E-state index contributed by atoms with van der Waals surface area (Å²) in [4.78, 5) is 22.4. The Bertz CT molecular complexity index is 751. The predicted molar refractivity (Wildman–Crippen MR) is 84.6 cm³/mol. The van der Waals surface area contributed by atoms with Crippen LogP contribution in [0.2, 0.25) is 0 Å². The Kier molecular flexibility index (Phi) is 5.17. The van der Waals surface area contributed by atoms with E-state index in [9.17, 15) is 14.9 Å². The minimum Gasteiger partial charge on any atom is -0.475 e. The Hall–Kier alpha value is -2.91. The van der Waals surface area contributed by atoms with Gasteiger partial charge < -0.3 is 10.1 Å². The number of hydrogen-bond acceptors (Lipinski definition) is 6. The fraction of sp³-hybridized carbons (Fsp3) is 0.500. The number of nitro groups is 1. The molecule has 0 saturated heterocycles. The van der Waals surface area contributed by atoms with Gasteiger partial charge in [0.15, 0.2) is 0 Å². The molecular weight excluding hydrogens is 316 g/mol. The molecule has 0 bridgehead atoms. The average molecular weight is 336 g/mol. The summed E-state index contributed by atoms with van der Waals surface area (Å²) >= 11 is 0. The SMILES string of the molecule is CCn1ncc(C(C)NC(=O)Cn2cc([N+](=O)[O-])c(OC)n2)c1C. The fourth-order valence-electron chi connectivity index (χ4n) is 2.46. The molecule has 2 rings (SSSR count). The topological polar surface area (TPSA) is 117 Å². The van der Waals surface area contributed by atoms with Gasteiger partial charge in [0.1, 0.15) is 12.7 Å². The summed E-state index contributed by atoms with van der Waals surface area (Å²) in [6, 6.07) is -0.231. The smallest absolute Gasteiger partial charge is 0.350 e. The van der Waals surface area contributed by atoms with Crippen molar-refractivity contribution in [3.8, 4) is 5.88 Å². The van der Waals surface area contributed by atoms with Crippen molar-refractivity contribution in [2.45, 2.75) is 39.9 Å². The molecule has 0 saturated carbocycles. The van der Waals surface area contributed by atoms with Crippen molar-refractivity contribution in [3.05, 3.63) is 33.8 Å². The number of methoxy groups -OCH3 is 1. The van der Waals surface area contributed by atoms with Gasteiger partial charge in [-0.1, -0.05) is 0 Å². The summed E-state index contributed by atoms with van der Waals surface area (Å²) in [7, 11) is 1.29. The molecule has 1 unspecified atom stereocenters. The molecule has 0 fully saturated rings. The maximum atomic E-state index is 12.2. The first-order valence-corrected chi connectivity index (χ1v) is 7.44. The lowest BCUT2D eigenvalue weighted by Crippen LogP contribution is -2.30. The molecule has 1 atom stereocenters. The van der Waals surface area contributed by atoms with Crippen LogP contribution in [-0.4, -0.2) is 37.5 Å². The fourth-order valence-corrected chi connectivity index (χ4v) is 2.46. The predicted octanol–water partition coefficient (Wildman–Crippen LogP) is 1.20. The van der Waals surface area contributed by atoms with E-state index in [4.69, 9.17) is 4.74 Å². The monoisotopic (exact) mass is 336 g/mol. The van der Waals surface area contributed by atoms with Crippen molar-refractivity contribution < 1.29 is 14.5 Å². The maximum absolute atomic E-state index is 12.2. The lowest BCUT2D eigenvalue weighted by Gasteiger charge is -2.14. The first-order valence-electron chi connectivity index (χ1n) is 7.44. The van der Waals surface area contributed by atoms with Crippen molar-refractivity contribution in [3.63, 3.8) is 0 Å². The van der Waals surface area contributed by atoms with Crippen LogP contribution in [0.25, 0.3) is 0 Å². The summed E-state index contributed by atoms with van der Waals surface area (Å²) in [6.45, 7) is 6.40. The molecule has 10 nitrogen and oxygen atoms in total. The third-order valence-electron chi connectivity index (χ3n) is 3.69. The van der Waals surface area contributed by atoms with Crippen molar-refractivity contribution in [1.82, 2.24) is 24.9 Å². The summed E-state index contributed by atoms with van der Waals surface area (Å²) < 4.78 is 7.86. The number of carbonyl (C=O) groups is 1. The van der Waals surface area contributed by atoms with Crippen LogP contribution in [-0.2, 0) is 17.9 Å². The van der Waals surface area contributed by atoms with Crippen LogP contribution in [0, 0.1) is 17.0 Å². The van der Waals surface area contributed by atoms with Crippen LogP contribution in [0.1, 0.15) is 31.1 Å². The van der Waals surface area contributed by atoms with E-state index in [-0.39, 0.29) is 30.1 Å². The molecule has 0 radical (unpaired) electrons. The Morgan fingerprint density at radius 1 is 1.54 bits per heavy atom. The van der Waals surface area contributed by atoms with Gasteiger partial charge in [0, 0.05) is 17.8 Å². The largest absolute Gasteiger partial charge is 0.475 e. The zero-order chi connectivity index (χ0) is 17.9. The van der Waals surface area contributed by atoms with Gasteiger partial charge in [-0.05, 0) is 20.8 Å². The van der Waals surface area contributed by atoms with E-state index in [1.165, 1.54) is 18.0 Å². The standard InChI is InChI=1S/C14H20N6O4/c1-5-19-10(3)11(6-15-19)9(2)16-13(21)8-18-7-12(20(22)23)14(17-18)24-4/h6-7,9H,5,8H2,1-4H3,(H,16,21). The summed E-state index contributed by atoms with van der Waals surface area (Å²) in [5, 5.41) is 21.8. The summed E-state index contributed by atoms with van der Waals surface area (Å²) in [5.41, 5.74) is 1.63. The molecule has 0 spiro atoms. The van der Waals surface area contributed by atoms with E-state index in [2.05, 4.69) is 15.5 Å². The zero-order valence-electron chi connectivity index (χ0n) is 14.0. The van der Waals surface area contributed by atoms with Crippen molar-refractivity contribution in [2.75, 3.05) is 7.11 Å². The van der Waals surface area contributed by atoms with E-state index >= 15 is 0 Å². The molecule has 0 aliphatic rings. The minimum absolute atomic E-state index is 0.124. The highest BCUT2D eigenvalue weighted by atomic mass is 16.6. The second-order valence-corrected chi connectivity index (χ2v) is 5.27. The van der Waals surface area contributed by atoms with Crippen molar-refractivity contribution >= 4 is 11.6 Å². The molecule has 2 aromatic heterocycles. The van der Waals surface area contributed by atoms with E-state index in [1.807, 2.05) is 25.5 Å². The lowest BCUT2D eigenvalue weighted by atomic mass is 10.1. The van der Waals surface area contributed by atoms with Gasteiger partial charge >= 0.3 is 11.6 Å². The van der Waals surface area contributed by atoms with E-state index in [1.54, 1.807) is 6.20 Å². The van der Waals surface area contributed by atoms with Crippen LogP contribution in [0.4, 0.5) is 5.69 Å². The number of aryl methyl sites for hydroxylation is 1. The third-order valence-corrected chi connectivity index (χ3v) is 3.69.